The number of rotatable bonds is 9. The van der Waals surface area contributed by atoms with E-state index in [4.69, 9.17) is 4.74 Å². The molecule has 0 saturated carbocycles. The molecule has 2 atom stereocenters. The van der Waals surface area contributed by atoms with Gasteiger partial charge in [-0.25, -0.2) is 9.97 Å². The Bertz CT molecular complexity index is 1380. The van der Waals surface area contributed by atoms with Crippen molar-refractivity contribution in [1.82, 2.24) is 24.8 Å². The molecule has 0 radical (unpaired) electrons. The van der Waals surface area contributed by atoms with Crippen LogP contribution in [0.25, 0.3) is 16.6 Å². The summed E-state index contributed by atoms with van der Waals surface area (Å²) in [5, 5.41) is 7.56. The van der Waals surface area contributed by atoms with E-state index in [1.807, 2.05) is 7.05 Å². The van der Waals surface area contributed by atoms with Gasteiger partial charge < -0.3 is 20.3 Å². The Balaban J connectivity index is 1.62. The predicted molar refractivity (Wildman–Crippen MR) is 151 cm³/mol. The Kier molecular flexibility index (Phi) is 8.41. The Labute approximate surface area is 219 Å². The number of fused-ring (bicyclic) bond motifs is 1. The number of anilines is 1. The maximum absolute atomic E-state index is 13.0. The number of benzene rings is 1. The van der Waals surface area contributed by atoms with Gasteiger partial charge in [0.1, 0.15) is 23.9 Å². The molecule has 0 amide bonds. The highest BCUT2D eigenvalue weighted by atomic mass is 16.5. The number of likely N-dealkylation sites (N-methyl/N-ethyl adjacent to an activating group) is 1. The zero-order chi connectivity index (χ0) is 26.5. The molecule has 3 heterocycles. The molecule has 4 rings (SSSR count). The minimum atomic E-state index is -0.186. The standard InChI is InChI=1S/C29H38N6O2/c1-7-21(24-11-9-8-10-22(24)16-30-4)14-19(2)20(3)33-27-25-15-26(37-23-12-13-34(5)17-23)29(36)35(6)28(25)32-18-31-27/h7-11,14-15,18,20,23,30H,12-13,16-17H2,1-6H3,(H,31,32,33)/b19-14+,21-7+/t20-,23?/m1/s1. The van der Waals surface area contributed by atoms with Gasteiger partial charge in [-0.15, -0.1) is 0 Å². The summed E-state index contributed by atoms with van der Waals surface area (Å²) in [5.41, 5.74) is 5.19. The molecule has 196 valence electrons. The Hall–Kier alpha value is -3.49. The minimum absolute atomic E-state index is 0.00493. The summed E-state index contributed by atoms with van der Waals surface area (Å²) in [7, 11) is 5.75. The SMILES string of the molecule is C/C=C(\C=C(/C)[C@@H](C)Nc1ncnc2c1cc(OC1CCN(C)C1)c(=O)n2C)c1ccccc1CNC. The molecule has 2 aromatic heterocycles. The monoisotopic (exact) mass is 502 g/mol. The summed E-state index contributed by atoms with van der Waals surface area (Å²) in [6, 6.07) is 10.2. The quantitative estimate of drug-likeness (QED) is 0.428. The normalized spacial score (nSPS) is 17.8. The van der Waals surface area contributed by atoms with Crippen LogP contribution in [-0.4, -0.2) is 58.8 Å². The van der Waals surface area contributed by atoms with E-state index in [-0.39, 0.29) is 17.7 Å². The lowest BCUT2D eigenvalue weighted by molar-refractivity contribution is 0.205. The van der Waals surface area contributed by atoms with E-state index in [1.165, 1.54) is 23.0 Å². The Morgan fingerprint density at radius 3 is 2.76 bits per heavy atom. The zero-order valence-electron chi connectivity index (χ0n) is 22.7. The smallest absolute Gasteiger partial charge is 0.294 e. The van der Waals surface area contributed by atoms with Gasteiger partial charge in [0.25, 0.3) is 5.56 Å². The summed E-state index contributed by atoms with van der Waals surface area (Å²) in [6.07, 6.45) is 6.76. The number of hydrogen-bond acceptors (Lipinski definition) is 7. The van der Waals surface area contributed by atoms with Gasteiger partial charge in [-0.2, -0.15) is 0 Å². The van der Waals surface area contributed by atoms with Crippen LogP contribution < -0.4 is 20.9 Å². The molecule has 3 aromatic rings. The molecule has 0 aliphatic carbocycles. The third-order valence-corrected chi connectivity index (χ3v) is 7.04. The van der Waals surface area contributed by atoms with Crippen LogP contribution in [-0.2, 0) is 13.6 Å². The number of likely N-dealkylation sites (tertiary alicyclic amines) is 1. The Morgan fingerprint density at radius 2 is 2.05 bits per heavy atom. The second-order valence-electron chi connectivity index (χ2n) is 9.81. The van der Waals surface area contributed by atoms with Crippen LogP contribution in [0, 0.1) is 0 Å². The summed E-state index contributed by atoms with van der Waals surface area (Å²) >= 11 is 0. The number of nitrogens with one attached hydrogen (secondary N) is 2. The molecular weight excluding hydrogens is 464 g/mol. The van der Waals surface area contributed by atoms with Gasteiger partial charge in [-0.05, 0) is 58.0 Å². The van der Waals surface area contributed by atoms with Crippen LogP contribution >= 0.6 is 0 Å². The molecule has 1 unspecified atom stereocenters. The number of ether oxygens (including phenoxy) is 1. The van der Waals surface area contributed by atoms with E-state index >= 15 is 0 Å². The molecule has 1 fully saturated rings. The van der Waals surface area contributed by atoms with Crippen molar-refractivity contribution in [3.05, 3.63) is 75.9 Å². The van der Waals surface area contributed by atoms with Gasteiger partial charge in [0.2, 0.25) is 0 Å². The molecule has 8 heteroatoms. The minimum Gasteiger partial charge on any atom is -0.483 e. The molecule has 1 aliphatic heterocycles. The highest BCUT2D eigenvalue weighted by Gasteiger charge is 2.23. The van der Waals surface area contributed by atoms with Gasteiger partial charge in [0.15, 0.2) is 5.75 Å². The van der Waals surface area contributed by atoms with Crippen molar-refractivity contribution < 1.29 is 4.74 Å². The summed E-state index contributed by atoms with van der Waals surface area (Å²) in [4.78, 5) is 24.1. The second-order valence-corrected chi connectivity index (χ2v) is 9.81. The highest BCUT2D eigenvalue weighted by Crippen LogP contribution is 2.26. The van der Waals surface area contributed by atoms with Gasteiger partial charge in [-0.1, -0.05) is 42.0 Å². The van der Waals surface area contributed by atoms with Gasteiger partial charge in [0.05, 0.1) is 5.39 Å². The number of aryl methyl sites for hydroxylation is 1. The Morgan fingerprint density at radius 1 is 1.27 bits per heavy atom. The average Bonchev–Trinajstić information content (AvgIpc) is 3.31. The lowest BCUT2D eigenvalue weighted by Gasteiger charge is -2.19. The predicted octanol–water partition coefficient (Wildman–Crippen LogP) is 3.98. The van der Waals surface area contributed by atoms with Gasteiger partial charge in [-0.3, -0.25) is 9.36 Å². The molecule has 8 nitrogen and oxygen atoms in total. The average molecular weight is 503 g/mol. The van der Waals surface area contributed by atoms with Crippen LogP contribution in [0.2, 0.25) is 0 Å². The van der Waals surface area contributed by atoms with Crippen molar-refractivity contribution in [2.75, 3.05) is 32.5 Å². The maximum atomic E-state index is 13.0. The maximum Gasteiger partial charge on any atom is 0.294 e. The fourth-order valence-electron chi connectivity index (χ4n) is 4.76. The number of pyridine rings is 1. The van der Waals surface area contributed by atoms with E-state index in [0.717, 1.165) is 37.0 Å². The van der Waals surface area contributed by atoms with Crippen molar-refractivity contribution in [1.29, 1.82) is 0 Å². The molecule has 2 N–H and O–H groups in total. The van der Waals surface area contributed by atoms with Crippen LogP contribution in [0.3, 0.4) is 0 Å². The van der Waals surface area contributed by atoms with E-state index in [2.05, 4.69) is 89.7 Å². The summed E-state index contributed by atoms with van der Waals surface area (Å²) in [5.74, 6) is 1.01. The molecule has 1 saturated heterocycles. The van der Waals surface area contributed by atoms with Crippen LogP contribution in [0.1, 0.15) is 38.3 Å². The number of aromatic nitrogens is 3. The molecule has 0 spiro atoms. The molecule has 0 bridgehead atoms. The number of hydrogen-bond donors (Lipinski definition) is 2. The van der Waals surface area contributed by atoms with Crippen LogP contribution in [0.15, 0.2) is 59.2 Å². The fraction of sp³-hybridized carbons (Fsp3) is 0.414. The van der Waals surface area contributed by atoms with Crippen molar-refractivity contribution in [2.24, 2.45) is 7.05 Å². The van der Waals surface area contributed by atoms with Crippen molar-refractivity contribution in [2.45, 2.75) is 45.9 Å². The highest BCUT2D eigenvalue weighted by molar-refractivity contribution is 5.88. The molecular formula is C29H38N6O2. The molecule has 1 aliphatic rings. The van der Waals surface area contributed by atoms with Crippen LogP contribution in [0.4, 0.5) is 5.82 Å². The topological polar surface area (TPSA) is 84.3 Å². The first-order chi connectivity index (χ1) is 17.8. The lowest BCUT2D eigenvalue weighted by atomic mass is 9.96. The van der Waals surface area contributed by atoms with Crippen molar-refractivity contribution in [3.63, 3.8) is 0 Å². The van der Waals surface area contributed by atoms with E-state index in [9.17, 15) is 4.79 Å². The third-order valence-electron chi connectivity index (χ3n) is 7.04. The van der Waals surface area contributed by atoms with Crippen molar-refractivity contribution in [3.8, 4) is 5.75 Å². The largest absolute Gasteiger partial charge is 0.483 e. The van der Waals surface area contributed by atoms with Gasteiger partial charge >= 0.3 is 0 Å². The number of nitrogens with zero attached hydrogens (tertiary/aromatic N) is 4. The first-order valence-corrected chi connectivity index (χ1v) is 12.9. The summed E-state index contributed by atoms with van der Waals surface area (Å²) in [6.45, 7) is 8.87. The first-order valence-electron chi connectivity index (χ1n) is 12.9. The van der Waals surface area contributed by atoms with E-state index in [0.29, 0.717) is 17.2 Å². The van der Waals surface area contributed by atoms with Crippen LogP contribution in [0.5, 0.6) is 5.75 Å². The van der Waals surface area contributed by atoms with E-state index in [1.54, 1.807) is 17.7 Å². The zero-order valence-corrected chi connectivity index (χ0v) is 22.7. The molecule has 1 aromatic carbocycles. The lowest BCUT2D eigenvalue weighted by Crippen LogP contribution is -2.27. The fourth-order valence-corrected chi connectivity index (χ4v) is 4.76. The number of allylic oxidation sites excluding steroid dienone is 3. The first kappa shape index (κ1) is 26.6. The van der Waals surface area contributed by atoms with Gasteiger partial charge in [0, 0.05) is 38.8 Å². The third kappa shape index (κ3) is 5.92. The van der Waals surface area contributed by atoms with E-state index < -0.39 is 0 Å². The summed E-state index contributed by atoms with van der Waals surface area (Å²) < 4.78 is 7.68. The van der Waals surface area contributed by atoms with Crippen molar-refractivity contribution >= 4 is 22.4 Å². The second kappa shape index (κ2) is 11.7. The molecule has 37 heavy (non-hydrogen) atoms.